The smallest absolute Gasteiger partial charge is 0.0877 e. The quantitative estimate of drug-likeness (QED) is 0.727. The molecule has 4 nitrogen and oxygen atoms in total. The highest BCUT2D eigenvalue weighted by Crippen LogP contribution is 2.10. The van der Waals surface area contributed by atoms with Crippen molar-refractivity contribution in [3.63, 3.8) is 0 Å². The van der Waals surface area contributed by atoms with E-state index >= 15 is 0 Å². The van der Waals surface area contributed by atoms with Crippen LogP contribution >= 0.6 is 0 Å². The average molecular weight is 244 g/mol. The van der Waals surface area contributed by atoms with E-state index in [1.54, 1.807) is 0 Å². The van der Waals surface area contributed by atoms with Crippen molar-refractivity contribution >= 4 is 0 Å². The predicted octanol–water partition coefficient (Wildman–Crippen LogP) is 1.11. The Labute approximate surface area is 106 Å². The molecule has 0 bridgehead atoms. The first-order valence-electron chi connectivity index (χ1n) is 6.80. The molecule has 0 radical (unpaired) electrons. The highest BCUT2D eigenvalue weighted by Gasteiger charge is 2.27. The minimum absolute atomic E-state index is 0.249. The molecule has 102 valence electrons. The van der Waals surface area contributed by atoms with Crippen LogP contribution in [0.1, 0.15) is 27.2 Å². The summed E-state index contributed by atoms with van der Waals surface area (Å²) in [7, 11) is 1.98. The van der Waals surface area contributed by atoms with Gasteiger partial charge in [-0.15, -0.1) is 0 Å². The number of ether oxygens (including phenoxy) is 2. The fraction of sp³-hybridized carbons (Fsp3) is 1.00. The van der Waals surface area contributed by atoms with Crippen molar-refractivity contribution in [2.45, 2.75) is 45.4 Å². The van der Waals surface area contributed by atoms with Gasteiger partial charge in [0, 0.05) is 13.1 Å². The van der Waals surface area contributed by atoms with Gasteiger partial charge >= 0.3 is 0 Å². The molecule has 0 aromatic carbocycles. The molecule has 0 saturated carbocycles. The Kier molecular flexibility index (Phi) is 7.04. The van der Waals surface area contributed by atoms with E-state index in [1.165, 1.54) is 13.0 Å². The van der Waals surface area contributed by atoms with Gasteiger partial charge in [0.15, 0.2) is 0 Å². The summed E-state index contributed by atoms with van der Waals surface area (Å²) in [6, 6.07) is 0.289. The van der Waals surface area contributed by atoms with E-state index in [0.29, 0.717) is 0 Å². The lowest BCUT2D eigenvalue weighted by atomic mass is 10.1. The maximum atomic E-state index is 5.86. The van der Waals surface area contributed by atoms with Crippen molar-refractivity contribution in [2.75, 3.05) is 39.9 Å². The van der Waals surface area contributed by atoms with Crippen LogP contribution < -0.4 is 5.32 Å². The van der Waals surface area contributed by atoms with Crippen LogP contribution in [0.25, 0.3) is 0 Å². The number of likely N-dealkylation sites (N-methyl/N-ethyl adjacent to an activating group) is 1. The van der Waals surface area contributed by atoms with Gasteiger partial charge in [-0.25, -0.2) is 0 Å². The normalized spacial score (nSPS) is 24.2. The molecule has 17 heavy (non-hydrogen) atoms. The Morgan fingerprint density at radius 3 is 2.82 bits per heavy atom. The summed E-state index contributed by atoms with van der Waals surface area (Å²) >= 11 is 0. The topological polar surface area (TPSA) is 33.7 Å². The Morgan fingerprint density at radius 1 is 1.47 bits per heavy atom. The lowest BCUT2D eigenvalue weighted by Gasteiger charge is -2.36. The Morgan fingerprint density at radius 2 is 2.24 bits per heavy atom. The molecule has 1 aliphatic heterocycles. The van der Waals surface area contributed by atoms with E-state index in [4.69, 9.17) is 9.47 Å². The molecule has 1 fully saturated rings. The van der Waals surface area contributed by atoms with Crippen LogP contribution in [0.2, 0.25) is 0 Å². The molecular formula is C13H28N2O2. The number of rotatable bonds is 7. The van der Waals surface area contributed by atoms with Crippen LogP contribution in [0.15, 0.2) is 0 Å². The van der Waals surface area contributed by atoms with E-state index in [1.807, 2.05) is 7.05 Å². The molecule has 0 aliphatic carbocycles. The molecule has 2 atom stereocenters. The molecule has 0 spiro atoms. The molecule has 1 rings (SSSR count). The lowest BCUT2D eigenvalue weighted by Crippen LogP contribution is -2.53. The van der Waals surface area contributed by atoms with Crippen LogP contribution in [-0.4, -0.2) is 63.0 Å². The van der Waals surface area contributed by atoms with Gasteiger partial charge in [-0.3, -0.25) is 4.90 Å². The molecule has 1 heterocycles. The standard InChI is InChI=1S/C13H28N2O2/c1-5-6-15-7-8-16-13(9-15)12(14-4)10-17-11(2)3/h11-14H,5-10H2,1-4H3. The summed E-state index contributed by atoms with van der Waals surface area (Å²) in [6.07, 6.45) is 1.74. The van der Waals surface area contributed by atoms with Crippen LogP contribution in [0.5, 0.6) is 0 Å². The zero-order chi connectivity index (χ0) is 12.7. The van der Waals surface area contributed by atoms with E-state index in [-0.39, 0.29) is 18.2 Å². The SMILES string of the molecule is CCCN1CCOC(C(COC(C)C)NC)C1. The van der Waals surface area contributed by atoms with E-state index < -0.39 is 0 Å². The first kappa shape index (κ1) is 14.9. The summed E-state index contributed by atoms with van der Waals surface area (Å²) < 4.78 is 11.5. The second kappa shape index (κ2) is 8.03. The van der Waals surface area contributed by atoms with Gasteiger partial charge in [-0.05, 0) is 33.9 Å². The Hall–Kier alpha value is -0.160. The number of morpholine rings is 1. The lowest BCUT2D eigenvalue weighted by molar-refractivity contribution is -0.0652. The van der Waals surface area contributed by atoms with E-state index in [2.05, 4.69) is 31.0 Å². The largest absolute Gasteiger partial charge is 0.377 e. The molecule has 0 aromatic heterocycles. The monoisotopic (exact) mass is 244 g/mol. The molecule has 0 aromatic rings. The maximum Gasteiger partial charge on any atom is 0.0877 e. The minimum atomic E-state index is 0.249. The van der Waals surface area contributed by atoms with Crippen molar-refractivity contribution in [2.24, 2.45) is 0 Å². The zero-order valence-electron chi connectivity index (χ0n) is 11.7. The molecular weight excluding hydrogens is 216 g/mol. The number of hydrogen-bond donors (Lipinski definition) is 1. The van der Waals surface area contributed by atoms with Gasteiger partial charge in [0.05, 0.1) is 31.5 Å². The fourth-order valence-corrected chi connectivity index (χ4v) is 2.17. The molecule has 1 aliphatic rings. The van der Waals surface area contributed by atoms with Crippen LogP contribution in [0, 0.1) is 0 Å². The summed E-state index contributed by atoms with van der Waals surface area (Å²) in [4.78, 5) is 2.48. The molecule has 2 unspecified atom stereocenters. The third-order valence-corrected chi connectivity index (χ3v) is 3.15. The minimum Gasteiger partial charge on any atom is -0.377 e. The highest BCUT2D eigenvalue weighted by molar-refractivity contribution is 4.82. The van der Waals surface area contributed by atoms with Gasteiger partial charge in [0.25, 0.3) is 0 Å². The van der Waals surface area contributed by atoms with Crippen LogP contribution in [-0.2, 0) is 9.47 Å². The molecule has 0 amide bonds. The average Bonchev–Trinajstić information content (AvgIpc) is 2.30. The second-order valence-corrected chi connectivity index (χ2v) is 4.99. The summed E-state index contributed by atoms with van der Waals surface area (Å²) in [5, 5.41) is 3.31. The van der Waals surface area contributed by atoms with Crippen molar-refractivity contribution in [3.05, 3.63) is 0 Å². The summed E-state index contributed by atoms with van der Waals surface area (Å²) in [6.45, 7) is 11.2. The van der Waals surface area contributed by atoms with Gasteiger partial charge in [0.1, 0.15) is 0 Å². The zero-order valence-corrected chi connectivity index (χ0v) is 11.7. The Balaban J connectivity index is 2.38. The van der Waals surface area contributed by atoms with E-state index in [0.717, 1.165) is 26.3 Å². The van der Waals surface area contributed by atoms with Gasteiger partial charge in [-0.1, -0.05) is 6.92 Å². The first-order chi connectivity index (χ1) is 8.17. The maximum absolute atomic E-state index is 5.86. The number of hydrogen-bond acceptors (Lipinski definition) is 4. The van der Waals surface area contributed by atoms with E-state index in [9.17, 15) is 0 Å². The molecule has 1 N–H and O–H groups in total. The predicted molar refractivity (Wildman–Crippen MR) is 70.4 cm³/mol. The number of nitrogens with one attached hydrogen (secondary N) is 1. The van der Waals surface area contributed by atoms with Crippen molar-refractivity contribution < 1.29 is 9.47 Å². The third kappa shape index (κ3) is 5.34. The second-order valence-electron chi connectivity index (χ2n) is 4.99. The first-order valence-corrected chi connectivity index (χ1v) is 6.80. The Bertz CT molecular complexity index is 198. The van der Waals surface area contributed by atoms with Gasteiger partial charge in [0.2, 0.25) is 0 Å². The van der Waals surface area contributed by atoms with Crippen LogP contribution in [0.4, 0.5) is 0 Å². The number of nitrogens with zero attached hydrogens (tertiary/aromatic N) is 1. The fourth-order valence-electron chi connectivity index (χ4n) is 2.17. The molecule has 4 heteroatoms. The van der Waals surface area contributed by atoms with Crippen LogP contribution in [0.3, 0.4) is 0 Å². The van der Waals surface area contributed by atoms with Crippen molar-refractivity contribution in [3.8, 4) is 0 Å². The van der Waals surface area contributed by atoms with Gasteiger partial charge < -0.3 is 14.8 Å². The van der Waals surface area contributed by atoms with Gasteiger partial charge in [-0.2, -0.15) is 0 Å². The third-order valence-electron chi connectivity index (χ3n) is 3.15. The van der Waals surface area contributed by atoms with Crippen molar-refractivity contribution in [1.82, 2.24) is 10.2 Å². The van der Waals surface area contributed by atoms with Crippen molar-refractivity contribution in [1.29, 1.82) is 0 Å². The summed E-state index contributed by atoms with van der Waals surface area (Å²) in [5.41, 5.74) is 0. The summed E-state index contributed by atoms with van der Waals surface area (Å²) in [5.74, 6) is 0. The molecule has 1 saturated heterocycles. The highest BCUT2D eigenvalue weighted by atomic mass is 16.5.